The van der Waals surface area contributed by atoms with Crippen LogP contribution in [-0.2, 0) is 4.84 Å². The number of para-hydroxylation sites is 1. The lowest BCUT2D eigenvalue weighted by Crippen LogP contribution is -2.25. The molecule has 0 saturated carbocycles. The fourth-order valence-electron chi connectivity index (χ4n) is 2.56. The van der Waals surface area contributed by atoms with Crippen molar-refractivity contribution in [1.82, 2.24) is 0 Å². The summed E-state index contributed by atoms with van der Waals surface area (Å²) < 4.78 is 0. The molecule has 1 saturated heterocycles. The normalized spacial score (nSPS) is 22.7. The number of aliphatic hydroxyl groups is 1. The summed E-state index contributed by atoms with van der Waals surface area (Å²) in [6.07, 6.45) is 0. The van der Waals surface area contributed by atoms with Crippen LogP contribution in [0.4, 0.5) is 5.69 Å². The van der Waals surface area contributed by atoms with E-state index in [1.165, 1.54) is 5.56 Å². The minimum absolute atomic E-state index is 0.0635. The maximum atomic E-state index is 9.56. The fraction of sp³-hybridized carbons (Fsp3) is 0.250. The van der Waals surface area contributed by atoms with Crippen LogP contribution in [-0.4, -0.2) is 18.3 Å². The van der Waals surface area contributed by atoms with Crippen LogP contribution in [0, 0.1) is 5.92 Å². The third-order valence-electron chi connectivity index (χ3n) is 3.51. The van der Waals surface area contributed by atoms with Gasteiger partial charge in [-0.15, -0.1) is 0 Å². The van der Waals surface area contributed by atoms with Crippen molar-refractivity contribution in [3.05, 3.63) is 66.2 Å². The van der Waals surface area contributed by atoms with E-state index in [1.54, 1.807) is 0 Å². The van der Waals surface area contributed by atoms with E-state index in [2.05, 4.69) is 12.1 Å². The van der Waals surface area contributed by atoms with E-state index in [-0.39, 0.29) is 18.6 Å². The van der Waals surface area contributed by atoms with Gasteiger partial charge < -0.3 is 5.11 Å². The molecule has 1 N–H and O–H groups in total. The number of rotatable bonds is 3. The lowest BCUT2D eigenvalue weighted by atomic mass is 9.94. The number of anilines is 1. The predicted molar refractivity (Wildman–Crippen MR) is 74.6 cm³/mol. The van der Waals surface area contributed by atoms with Gasteiger partial charge in [-0.25, -0.2) is 5.06 Å². The molecule has 2 atom stereocenters. The second-order valence-corrected chi connectivity index (χ2v) is 4.76. The lowest BCUT2D eigenvalue weighted by molar-refractivity contribution is 0.141. The highest BCUT2D eigenvalue weighted by molar-refractivity contribution is 5.47. The quantitative estimate of drug-likeness (QED) is 0.915. The van der Waals surface area contributed by atoms with Crippen molar-refractivity contribution in [3.8, 4) is 0 Å². The summed E-state index contributed by atoms with van der Waals surface area (Å²) in [5, 5.41) is 11.5. The van der Waals surface area contributed by atoms with Crippen molar-refractivity contribution in [2.24, 2.45) is 5.92 Å². The molecule has 0 amide bonds. The van der Waals surface area contributed by atoms with Crippen molar-refractivity contribution in [2.45, 2.75) is 6.04 Å². The van der Waals surface area contributed by atoms with Crippen molar-refractivity contribution in [2.75, 3.05) is 18.3 Å². The molecule has 0 unspecified atom stereocenters. The first-order chi connectivity index (χ1) is 9.40. The van der Waals surface area contributed by atoms with E-state index in [4.69, 9.17) is 4.84 Å². The summed E-state index contributed by atoms with van der Waals surface area (Å²) in [4.78, 5) is 5.78. The Kier molecular flexibility index (Phi) is 3.49. The van der Waals surface area contributed by atoms with E-state index in [0.29, 0.717) is 6.61 Å². The maximum absolute atomic E-state index is 9.56. The zero-order chi connectivity index (χ0) is 13.1. The van der Waals surface area contributed by atoms with Crippen LogP contribution in [0.3, 0.4) is 0 Å². The van der Waals surface area contributed by atoms with Gasteiger partial charge in [-0.05, 0) is 17.7 Å². The third-order valence-corrected chi connectivity index (χ3v) is 3.51. The van der Waals surface area contributed by atoms with E-state index in [0.717, 1.165) is 5.69 Å². The Morgan fingerprint density at radius 1 is 1.00 bits per heavy atom. The molecule has 2 aromatic carbocycles. The van der Waals surface area contributed by atoms with Gasteiger partial charge in [0.05, 0.1) is 24.9 Å². The highest BCUT2D eigenvalue weighted by Gasteiger charge is 2.36. The van der Waals surface area contributed by atoms with Crippen molar-refractivity contribution in [1.29, 1.82) is 0 Å². The Bertz CT molecular complexity index is 515. The molecular formula is C16H17NO2. The maximum Gasteiger partial charge on any atom is 0.0888 e. The van der Waals surface area contributed by atoms with Crippen molar-refractivity contribution in [3.63, 3.8) is 0 Å². The first-order valence-electron chi connectivity index (χ1n) is 6.53. The van der Waals surface area contributed by atoms with Gasteiger partial charge in [-0.2, -0.15) is 0 Å². The highest BCUT2D eigenvalue weighted by atomic mass is 16.7. The molecule has 3 heteroatoms. The number of hydroxylamine groups is 1. The topological polar surface area (TPSA) is 32.7 Å². The summed E-state index contributed by atoms with van der Waals surface area (Å²) in [7, 11) is 0. The Morgan fingerprint density at radius 3 is 2.26 bits per heavy atom. The van der Waals surface area contributed by atoms with Gasteiger partial charge in [-0.1, -0.05) is 48.5 Å². The Morgan fingerprint density at radius 2 is 1.63 bits per heavy atom. The predicted octanol–water partition coefficient (Wildman–Crippen LogP) is 2.79. The molecule has 1 aliphatic heterocycles. The van der Waals surface area contributed by atoms with Gasteiger partial charge in [-0.3, -0.25) is 4.84 Å². The molecule has 0 radical (unpaired) electrons. The first-order valence-corrected chi connectivity index (χ1v) is 6.53. The zero-order valence-corrected chi connectivity index (χ0v) is 10.6. The number of hydrogen-bond acceptors (Lipinski definition) is 3. The van der Waals surface area contributed by atoms with Gasteiger partial charge in [0.1, 0.15) is 0 Å². The number of aliphatic hydroxyl groups excluding tert-OH is 1. The van der Waals surface area contributed by atoms with E-state index >= 15 is 0 Å². The molecule has 0 spiro atoms. The van der Waals surface area contributed by atoms with Gasteiger partial charge in [0.2, 0.25) is 0 Å². The minimum Gasteiger partial charge on any atom is -0.396 e. The Balaban J connectivity index is 1.96. The average Bonchev–Trinajstić information content (AvgIpc) is 2.93. The van der Waals surface area contributed by atoms with Crippen LogP contribution in [0.25, 0.3) is 0 Å². The average molecular weight is 255 g/mol. The van der Waals surface area contributed by atoms with Crippen molar-refractivity contribution < 1.29 is 9.94 Å². The lowest BCUT2D eigenvalue weighted by Gasteiger charge is -2.27. The molecule has 1 aliphatic rings. The van der Waals surface area contributed by atoms with Gasteiger partial charge in [0.15, 0.2) is 0 Å². The second-order valence-electron chi connectivity index (χ2n) is 4.76. The molecule has 1 heterocycles. The molecule has 3 rings (SSSR count). The van der Waals surface area contributed by atoms with E-state index < -0.39 is 0 Å². The number of benzene rings is 2. The molecule has 0 bridgehead atoms. The molecule has 3 nitrogen and oxygen atoms in total. The molecule has 0 aliphatic carbocycles. The zero-order valence-electron chi connectivity index (χ0n) is 10.6. The van der Waals surface area contributed by atoms with Crippen LogP contribution in [0.15, 0.2) is 60.7 Å². The third kappa shape index (κ3) is 2.35. The smallest absolute Gasteiger partial charge is 0.0888 e. The summed E-state index contributed by atoms with van der Waals surface area (Å²) in [6.45, 7) is 0.674. The van der Waals surface area contributed by atoms with E-state index in [1.807, 2.05) is 53.6 Å². The largest absolute Gasteiger partial charge is 0.396 e. The summed E-state index contributed by atoms with van der Waals surface area (Å²) in [6, 6.07) is 20.3. The monoisotopic (exact) mass is 255 g/mol. The molecule has 19 heavy (non-hydrogen) atoms. The van der Waals surface area contributed by atoms with Gasteiger partial charge >= 0.3 is 0 Å². The second kappa shape index (κ2) is 5.43. The molecule has 2 aromatic rings. The Labute approximate surface area is 113 Å². The fourth-order valence-corrected chi connectivity index (χ4v) is 2.56. The van der Waals surface area contributed by atoms with Gasteiger partial charge in [0, 0.05) is 5.92 Å². The Hall–Kier alpha value is -1.84. The van der Waals surface area contributed by atoms with Gasteiger partial charge in [0.25, 0.3) is 0 Å². The molecule has 98 valence electrons. The van der Waals surface area contributed by atoms with Crippen molar-refractivity contribution >= 4 is 5.69 Å². The first kappa shape index (κ1) is 12.2. The SMILES string of the molecule is OC[C@@H]1CON(c2ccccc2)[C@@H]1c1ccccc1. The van der Waals surface area contributed by atoms with E-state index in [9.17, 15) is 5.11 Å². The van der Waals surface area contributed by atoms with Crippen LogP contribution in [0.1, 0.15) is 11.6 Å². The standard InChI is InChI=1S/C16H17NO2/c18-11-14-12-19-17(15-9-5-2-6-10-15)16(14)13-7-3-1-4-8-13/h1-10,14,16,18H,11-12H2/t14-,16-/m1/s1. The summed E-state index contributed by atoms with van der Waals surface area (Å²) >= 11 is 0. The molecular weight excluding hydrogens is 238 g/mol. The number of hydrogen-bond donors (Lipinski definition) is 1. The molecule has 1 fully saturated rings. The summed E-state index contributed by atoms with van der Waals surface area (Å²) in [5.74, 6) is 0.0996. The van der Waals surface area contributed by atoms with Crippen LogP contribution >= 0.6 is 0 Å². The molecule has 0 aromatic heterocycles. The summed E-state index contributed by atoms with van der Waals surface area (Å²) in [5.41, 5.74) is 2.19. The minimum atomic E-state index is 0.0635. The van der Waals surface area contributed by atoms with Crippen LogP contribution < -0.4 is 5.06 Å². The highest BCUT2D eigenvalue weighted by Crippen LogP contribution is 2.38. The number of nitrogens with zero attached hydrogens (tertiary/aromatic N) is 1. The van der Waals surface area contributed by atoms with Crippen LogP contribution in [0.5, 0.6) is 0 Å². The van der Waals surface area contributed by atoms with Crippen LogP contribution in [0.2, 0.25) is 0 Å².